The Morgan fingerprint density at radius 2 is 2.25 bits per heavy atom. The van der Waals surface area contributed by atoms with Gasteiger partial charge in [-0.2, -0.15) is 0 Å². The van der Waals surface area contributed by atoms with Crippen molar-refractivity contribution in [3.8, 4) is 0 Å². The first kappa shape index (κ1) is 17.1. The third-order valence-corrected chi connectivity index (χ3v) is 5.29. The largest absolute Gasteiger partial charge is 0.480 e. The first-order valence-corrected chi connectivity index (χ1v) is 9.00. The molecule has 0 radical (unpaired) electrons. The molecule has 1 aromatic heterocycles. The molecule has 2 N–H and O–H groups in total. The van der Waals surface area contributed by atoms with Gasteiger partial charge in [-0.1, -0.05) is 19.8 Å². The van der Waals surface area contributed by atoms with Gasteiger partial charge in [0.25, 0.3) is 0 Å². The molecule has 114 valence electrons. The van der Waals surface area contributed by atoms with Gasteiger partial charge < -0.3 is 5.11 Å². The lowest BCUT2D eigenvalue weighted by Crippen LogP contribution is -2.42. The number of sulfonamides is 1. The predicted octanol–water partition coefficient (Wildman–Crippen LogP) is 1.56. The van der Waals surface area contributed by atoms with Crippen LogP contribution >= 0.6 is 11.3 Å². The van der Waals surface area contributed by atoms with Gasteiger partial charge in [0.1, 0.15) is 6.04 Å². The zero-order valence-corrected chi connectivity index (χ0v) is 13.3. The Kier molecular flexibility index (Phi) is 6.57. The minimum atomic E-state index is -3.60. The number of unbranched alkanes of at least 4 members (excludes halogenated alkanes) is 1. The van der Waals surface area contributed by atoms with Crippen LogP contribution in [0.3, 0.4) is 0 Å². The Morgan fingerprint density at radius 1 is 1.55 bits per heavy atom. The number of nitrogens with zero attached hydrogens (tertiary/aromatic N) is 1. The molecule has 0 bridgehead atoms. The maximum atomic E-state index is 11.9. The molecule has 0 aromatic carbocycles. The van der Waals surface area contributed by atoms with Crippen LogP contribution < -0.4 is 4.72 Å². The molecular formula is C12H20N2O4S2. The second-order valence-electron chi connectivity index (χ2n) is 4.58. The van der Waals surface area contributed by atoms with E-state index in [4.69, 9.17) is 5.11 Å². The van der Waals surface area contributed by atoms with E-state index in [0.29, 0.717) is 19.3 Å². The molecule has 0 aliphatic carbocycles. The number of hydrogen-bond donors (Lipinski definition) is 2. The molecule has 8 heteroatoms. The molecule has 0 saturated carbocycles. The second-order valence-corrected chi connectivity index (χ2v) is 7.39. The average molecular weight is 320 g/mol. The number of rotatable bonds is 9. The maximum absolute atomic E-state index is 11.9. The number of thiazole rings is 1. The summed E-state index contributed by atoms with van der Waals surface area (Å²) in [5.74, 6) is -1.25. The van der Waals surface area contributed by atoms with Crippen LogP contribution in [-0.2, 0) is 21.2 Å². The van der Waals surface area contributed by atoms with Crippen LogP contribution in [0, 0.1) is 6.92 Å². The van der Waals surface area contributed by atoms with Crippen LogP contribution in [0.15, 0.2) is 5.51 Å². The lowest BCUT2D eigenvalue weighted by atomic mass is 10.1. The van der Waals surface area contributed by atoms with Gasteiger partial charge in [-0.15, -0.1) is 11.3 Å². The van der Waals surface area contributed by atoms with Crippen molar-refractivity contribution in [3.63, 3.8) is 0 Å². The molecular weight excluding hydrogens is 300 g/mol. The highest BCUT2D eigenvalue weighted by Gasteiger charge is 2.23. The molecule has 1 heterocycles. The van der Waals surface area contributed by atoms with E-state index in [-0.39, 0.29) is 5.75 Å². The van der Waals surface area contributed by atoms with Crippen molar-refractivity contribution in [2.24, 2.45) is 0 Å². The van der Waals surface area contributed by atoms with Gasteiger partial charge in [0.2, 0.25) is 10.0 Å². The molecule has 6 nitrogen and oxygen atoms in total. The topological polar surface area (TPSA) is 96.4 Å². The van der Waals surface area contributed by atoms with E-state index < -0.39 is 22.0 Å². The van der Waals surface area contributed by atoms with E-state index in [1.807, 2.05) is 13.8 Å². The first-order chi connectivity index (χ1) is 9.35. The molecule has 1 atom stereocenters. The molecule has 0 spiro atoms. The summed E-state index contributed by atoms with van der Waals surface area (Å²) in [5, 5.41) is 9.02. The summed E-state index contributed by atoms with van der Waals surface area (Å²) in [4.78, 5) is 16.0. The standard InChI is InChI=1S/C12H20N2O4S2/c1-3-4-5-10(12(15)16)14-20(17,18)7-6-11-9(2)13-8-19-11/h8,10,14H,3-7H2,1-2H3,(H,15,16)/t10-/m0/s1. The van der Waals surface area contributed by atoms with Crippen LogP contribution in [0.25, 0.3) is 0 Å². The highest BCUT2D eigenvalue weighted by atomic mass is 32.2. The predicted molar refractivity (Wildman–Crippen MR) is 78.4 cm³/mol. The molecule has 0 aliphatic rings. The molecule has 0 unspecified atom stereocenters. The number of carboxylic acids is 1. The minimum Gasteiger partial charge on any atom is -0.480 e. The first-order valence-electron chi connectivity index (χ1n) is 6.47. The second kappa shape index (κ2) is 7.70. The smallest absolute Gasteiger partial charge is 0.321 e. The van der Waals surface area contributed by atoms with E-state index in [1.54, 1.807) is 5.51 Å². The van der Waals surface area contributed by atoms with Crippen LogP contribution in [0.4, 0.5) is 0 Å². The van der Waals surface area contributed by atoms with E-state index in [9.17, 15) is 13.2 Å². The van der Waals surface area contributed by atoms with Gasteiger partial charge in [0, 0.05) is 4.88 Å². The normalized spacial score (nSPS) is 13.3. The van der Waals surface area contributed by atoms with Gasteiger partial charge in [0.15, 0.2) is 0 Å². The minimum absolute atomic E-state index is 0.119. The number of hydrogen-bond acceptors (Lipinski definition) is 5. The molecule has 1 aromatic rings. The van der Waals surface area contributed by atoms with Crippen LogP contribution in [-0.4, -0.2) is 36.3 Å². The summed E-state index contributed by atoms with van der Waals surface area (Å²) in [6.07, 6.45) is 2.16. The van der Waals surface area contributed by atoms with Crippen molar-refractivity contribution < 1.29 is 18.3 Å². The Labute approximate surface area is 123 Å². The fourth-order valence-corrected chi connectivity index (χ4v) is 3.86. The average Bonchev–Trinajstić information content (AvgIpc) is 2.77. The van der Waals surface area contributed by atoms with Crippen molar-refractivity contribution >= 4 is 27.3 Å². The Bertz CT molecular complexity index is 539. The highest BCUT2D eigenvalue weighted by Crippen LogP contribution is 2.13. The van der Waals surface area contributed by atoms with Crippen LogP contribution in [0.1, 0.15) is 36.8 Å². The van der Waals surface area contributed by atoms with Gasteiger partial charge >= 0.3 is 5.97 Å². The number of nitrogens with one attached hydrogen (secondary N) is 1. The lowest BCUT2D eigenvalue weighted by molar-refractivity contribution is -0.139. The van der Waals surface area contributed by atoms with E-state index in [1.165, 1.54) is 11.3 Å². The fourth-order valence-electron chi connectivity index (χ4n) is 1.71. The van der Waals surface area contributed by atoms with Crippen molar-refractivity contribution in [1.29, 1.82) is 0 Å². The van der Waals surface area contributed by atoms with E-state index in [0.717, 1.165) is 17.0 Å². The summed E-state index contributed by atoms with van der Waals surface area (Å²) < 4.78 is 26.1. The van der Waals surface area contributed by atoms with Crippen molar-refractivity contribution in [3.05, 3.63) is 16.1 Å². The van der Waals surface area contributed by atoms with Gasteiger partial charge in [-0.05, 0) is 19.8 Å². The number of aromatic nitrogens is 1. The quantitative estimate of drug-likeness (QED) is 0.720. The van der Waals surface area contributed by atoms with Crippen LogP contribution in [0.2, 0.25) is 0 Å². The maximum Gasteiger partial charge on any atom is 0.321 e. The zero-order chi connectivity index (χ0) is 15.2. The Balaban J connectivity index is 2.59. The van der Waals surface area contributed by atoms with Crippen molar-refractivity contribution in [2.75, 3.05) is 5.75 Å². The third-order valence-electron chi connectivity index (χ3n) is 2.91. The number of carbonyl (C=O) groups is 1. The number of aliphatic carboxylic acids is 1. The summed E-state index contributed by atoms with van der Waals surface area (Å²) in [7, 11) is -3.60. The van der Waals surface area contributed by atoms with Gasteiger partial charge in [0.05, 0.1) is 17.0 Å². The Morgan fingerprint density at radius 3 is 2.75 bits per heavy atom. The van der Waals surface area contributed by atoms with Gasteiger partial charge in [-0.25, -0.2) is 18.1 Å². The molecule has 0 amide bonds. The summed E-state index contributed by atoms with van der Waals surface area (Å²) in [6.45, 7) is 3.76. The summed E-state index contributed by atoms with van der Waals surface area (Å²) in [5.41, 5.74) is 2.50. The van der Waals surface area contributed by atoms with E-state index in [2.05, 4.69) is 9.71 Å². The zero-order valence-electron chi connectivity index (χ0n) is 11.6. The number of carboxylic acid groups (broad SMARTS) is 1. The molecule has 0 aliphatic heterocycles. The number of aryl methyl sites for hydroxylation is 2. The monoisotopic (exact) mass is 320 g/mol. The van der Waals surface area contributed by atoms with E-state index >= 15 is 0 Å². The summed E-state index contributed by atoms with van der Waals surface area (Å²) in [6, 6.07) is -1.04. The van der Waals surface area contributed by atoms with Crippen molar-refractivity contribution in [2.45, 2.75) is 45.6 Å². The highest BCUT2D eigenvalue weighted by molar-refractivity contribution is 7.89. The van der Waals surface area contributed by atoms with Gasteiger partial charge in [-0.3, -0.25) is 4.79 Å². The SMILES string of the molecule is CCCC[C@H](NS(=O)(=O)CCc1scnc1C)C(=O)O. The van der Waals surface area contributed by atoms with Crippen molar-refractivity contribution in [1.82, 2.24) is 9.71 Å². The Hall–Kier alpha value is -0.990. The molecule has 0 saturated heterocycles. The molecule has 0 fully saturated rings. The fraction of sp³-hybridized carbons (Fsp3) is 0.667. The summed E-state index contributed by atoms with van der Waals surface area (Å²) >= 11 is 1.41. The lowest BCUT2D eigenvalue weighted by Gasteiger charge is -2.14. The molecule has 20 heavy (non-hydrogen) atoms. The molecule has 1 rings (SSSR count). The third kappa shape index (κ3) is 5.56. The van der Waals surface area contributed by atoms with Crippen LogP contribution in [0.5, 0.6) is 0 Å².